The largest absolute Gasteiger partial charge is 0.307 e. The lowest BCUT2D eigenvalue weighted by atomic mass is 9.75. The van der Waals surface area contributed by atoms with Crippen LogP contribution in [-0.2, 0) is 0 Å². The maximum atomic E-state index is 3.75. The zero-order valence-corrected chi connectivity index (χ0v) is 9.20. The fourth-order valence-corrected chi connectivity index (χ4v) is 2.86. The zero-order chi connectivity index (χ0) is 9.41. The summed E-state index contributed by atoms with van der Waals surface area (Å²) >= 11 is 0. The van der Waals surface area contributed by atoms with E-state index in [1.165, 1.54) is 19.3 Å². The molecule has 0 aromatic rings. The first-order chi connectivity index (χ1) is 5.37. The first-order valence-corrected chi connectivity index (χ1v) is 5.16. The highest BCUT2D eigenvalue weighted by Gasteiger charge is 2.37. The van der Waals surface area contributed by atoms with Crippen LogP contribution in [-0.4, -0.2) is 11.1 Å². The molecule has 1 N–H and O–H groups in total. The van der Waals surface area contributed by atoms with Crippen LogP contribution in [0.25, 0.3) is 0 Å². The molecule has 0 aliphatic carbocycles. The Balaban J connectivity index is 2.70. The highest BCUT2D eigenvalue weighted by molar-refractivity contribution is 4.97. The van der Waals surface area contributed by atoms with Gasteiger partial charge in [0, 0.05) is 11.1 Å². The molecule has 1 fully saturated rings. The molecule has 0 saturated carbocycles. The molecule has 0 amide bonds. The van der Waals surface area contributed by atoms with Crippen molar-refractivity contribution in [2.45, 2.75) is 65.0 Å². The van der Waals surface area contributed by atoms with Gasteiger partial charge in [0.2, 0.25) is 0 Å². The van der Waals surface area contributed by atoms with Gasteiger partial charge in [-0.2, -0.15) is 0 Å². The quantitative estimate of drug-likeness (QED) is 0.636. The minimum absolute atomic E-state index is 0.336. The normalized spacial score (nSPS) is 41.2. The third-order valence-electron chi connectivity index (χ3n) is 3.08. The minimum atomic E-state index is 0.336. The molecule has 1 rings (SSSR count). The maximum absolute atomic E-state index is 3.75. The lowest BCUT2D eigenvalue weighted by molar-refractivity contribution is 0.121. The Bertz CT molecular complexity index is 162. The van der Waals surface area contributed by atoms with E-state index in [0.717, 1.165) is 5.92 Å². The van der Waals surface area contributed by atoms with Crippen LogP contribution in [0.2, 0.25) is 0 Å². The predicted octanol–water partition coefficient (Wildman–Crippen LogP) is 2.95. The van der Waals surface area contributed by atoms with E-state index in [2.05, 4.69) is 39.9 Å². The Kier molecular flexibility index (Phi) is 2.53. The second kappa shape index (κ2) is 3.02. The Morgan fingerprint density at radius 3 is 2.25 bits per heavy atom. The molecule has 1 saturated heterocycles. The average molecular weight is 169 g/mol. The van der Waals surface area contributed by atoms with Crippen molar-refractivity contribution in [2.24, 2.45) is 5.92 Å². The second-order valence-corrected chi connectivity index (χ2v) is 5.44. The van der Waals surface area contributed by atoms with Gasteiger partial charge in [-0.1, -0.05) is 13.8 Å². The van der Waals surface area contributed by atoms with Gasteiger partial charge in [-0.15, -0.1) is 0 Å². The SMILES string of the molecule is CCC1(C)CC(C)CC(C)(C)N1. The Labute approximate surface area is 76.9 Å². The molecule has 12 heavy (non-hydrogen) atoms. The Hall–Kier alpha value is -0.0400. The van der Waals surface area contributed by atoms with Crippen molar-refractivity contribution < 1.29 is 0 Å². The Morgan fingerprint density at radius 1 is 1.25 bits per heavy atom. The van der Waals surface area contributed by atoms with E-state index in [4.69, 9.17) is 0 Å². The van der Waals surface area contributed by atoms with Gasteiger partial charge in [-0.3, -0.25) is 0 Å². The monoisotopic (exact) mass is 169 g/mol. The van der Waals surface area contributed by atoms with Gasteiger partial charge in [0.25, 0.3) is 0 Å². The van der Waals surface area contributed by atoms with E-state index in [-0.39, 0.29) is 0 Å². The standard InChI is InChI=1S/C11H23N/c1-6-11(5)8-9(2)7-10(3,4)12-11/h9,12H,6-8H2,1-5H3. The van der Waals surface area contributed by atoms with E-state index in [9.17, 15) is 0 Å². The summed E-state index contributed by atoms with van der Waals surface area (Å²) in [7, 11) is 0. The van der Waals surface area contributed by atoms with Crippen LogP contribution < -0.4 is 5.32 Å². The smallest absolute Gasteiger partial charge is 0.0158 e. The van der Waals surface area contributed by atoms with Crippen LogP contribution in [0.4, 0.5) is 0 Å². The number of rotatable bonds is 1. The molecular formula is C11H23N. The van der Waals surface area contributed by atoms with Crippen molar-refractivity contribution in [1.29, 1.82) is 0 Å². The van der Waals surface area contributed by atoms with Crippen molar-refractivity contribution in [3.63, 3.8) is 0 Å². The van der Waals surface area contributed by atoms with Crippen LogP contribution in [0, 0.1) is 5.92 Å². The third-order valence-corrected chi connectivity index (χ3v) is 3.08. The van der Waals surface area contributed by atoms with Gasteiger partial charge in [0.1, 0.15) is 0 Å². The van der Waals surface area contributed by atoms with Gasteiger partial charge in [-0.05, 0) is 46.0 Å². The molecule has 1 aliphatic rings. The molecule has 2 unspecified atom stereocenters. The first-order valence-electron chi connectivity index (χ1n) is 5.16. The minimum Gasteiger partial charge on any atom is -0.307 e. The highest BCUT2D eigenvalue weighted by Crippen LogP contribution is 2.34. The molecule has 0 spiro atoms. The fraction of sp³-hybridized carbons (Fsp3) is 1.00. The van der Waals surface area contributed by atoms with Crippen molar-refractivity contribution in [1.82, 2.24) is 5.32 Å². The molecular weight excluding hydrogens is 146 g/mol. The zero-order valence-electron chi connectivity index (χ0n) is 9.20. The molecule has 0 aromatic heterocycles. The predicted molar refractivity (Wildman–Crippen MR) is 54.3 cm³/mol. The molecule has 1 aliphatic heterocycles. The van der Waals surface area contributed by atoms with E-state index >= 15 is 0 Å². The molecule has 1 nitrogen and oxygen atoms in total. The van der Waals surface area contributed by atoms with E-state index in [0.29, 0.717) is 11.1 Å². The lowest BCUT2D eigenvalue weighted by Crippen LogP contribution is -2.58. The number of hydrogen-bond acceptors (Lipinski definition) is 1. The molecule has 1 heteroatoms. The van der Waals surface area contributed by atoms with E-state index in [1.807, 2.05) is 0 Å². The molecule has 1 heterocycles. The maximum Gasteiger partial charge on any atom is 0.0158 e. The molecule has 0 bridgehead atoms. The van der Waals surface area contributed by atoms with Crippen molar-refractivity contribution in [3.8, 4) is 0 Å². The van der Waals surface area contributed by atoms with Gasteiger partial charge in [0.15, 0.2) is 0 Å². The number of nitrogens with one attached hydrogen (secondary N) is 1. The average Bonchev–Trinajstić information content (AvgIpc) is 1.82. The van der Waals surface area contributed by atoms with Crippen LogP contribution >= 0.6 is 0 Å². The molecule has 0 aromatic carbocycles. The second-order valence-electron chi connectivity index (χ2n) is 5.44. The fourth-order valence-electron chi connectivity index (χ4n) is 2.86. The summed E-state index contributed by atoms with van der Waals surface area (Å²) in [5.74, 6) is 0.867. The van der Waals surface area contributed by atoms with Crippen LogP contribution in [0.1, 0.15) is 53.9 Å². The van der Waals surface area contributed by atoms with Crippen LogP contribution in [0.15, 0.2) is 0 Å². The number of hydrogen-bond donors (Lipinski definition) is 1. The highest BCUT2D eigenvalue weighted by atomic mass is 15.1. The molecule has 0 radical (unpaired) electrons. The van der Waals surface area contributed by atoms with Crippen molar-refractivity contribution in [3.05, 3.63) is 0 Å². The van der Waals surface area contributed by atoms with E-state index in [1.54, 1.807) is 0 Å². The summed E-state index contributed by atoms with van der Waals surface area (Å²) in [5.41, 5.74) is 0.712. The summed E-state index contributed by atoms with van der Waals surface area (Å²) in [5, 5.41) is 3.75. The summed E-state index contributed by atoms with van der Waals surface area (Å²) in [6.07, 6.45) is 3.87. The Morgan fingerprint density at radius 2 is 1.83 bits per heavy atom. The van der Waals surface area contributed by atoms with Crippen LogP contribution in [0.5, 0.6) is 0 Å². The van der Waals surface area contributed by atoms with E-state index < -0.39 is 0 Å². The summed E-state index contributed by atoms with van der Waals surface area (Å²) in [4.78, 5) is 0. The van der Waals surface area contributed by atoms with Gasteiger partial charge < -0.3 is 5.32 Å². The van der Waals surface area contributed by atoms with Gasteiger partial charge >= 0.3 is 0 Å². The topological polar surface area (TPSA) is 12.0 Å². The summed E-state index contributed by atoms with van der Waals surface area (Å²) in [6.45, 7) is 11.6. The summed E-state index contributed by atoms with van der Waals surface area (Å²) in [6, 6.07) is 0. The first kappa shape index (κ1) is 10.0. The van der Waals surface area contributed by atoms with Crippen LogP contribution in [0.3, 0.4) is 0 Å². The summed E-state index contributed by atoms with van der Waals surface area (Å²) < 4.78 is 0. The van der Waals surface area contributed by atoms with Gasteiger partial charge in [-0.25, -0.2) is 0 Å². The van der Waals surface area contributed by atoms with Gasteiger partial charge in [0.05, 0.1) is 0 Å². The lowest BCUT2D eigenvalue weighted by Gasteiger charge is -2.47. The molecule has 2 atom stereocenters. The van der Waals surface area contributed by atoms with Crippen molar-refractivity contribution >= 4 is 0 Å². The van der Waals surface area contributed by atoms with Crippen molar-refractivity contribution in [2.75, 3.05) is 0 Å². The number of piperidine rings is 1. The molecule has 72 valence electrons. The third kappa shape index (κ3) is 2.22.